The Labute approximate surface area is 137 Å². The first kappa shape index (κ1) is 15.1. The van der Waals surface area contributed by atoms with E-state index in [9.17, 15) is 4.79 Å². The lowest BCUT2D eigenvalue weighted by Gasteiger charge is -2.09. The van der Waals surface area contributed by atoms with Gasteiger partial charge in [-0.1, -0.05) is 24.3 Å². The number of anilines is 2. The number of nitrogens with two attached hydrogens (primary N) is 1. The fourth-order valence-corrected chi connectivity index (χ4v) is 2.78. The highest BCUT2D eigenvalue weighted by Gasteiger charge is 2.12. The normalized spacial score (nSPS) is 10.3. The predicted octanol–water partition coefficient (Wildman–Crippen LogP) is 3.65. The van der Waals surface area contributed by atoms with Gasteiger partial charge in [0.15, 0.2) is 5.13 Å². The van der Waals surface area contributed by atoms with E-state index >= 15 is 0 Å². The molecule has 0 saturated carbocycles. The third-order valence-electron chi connectivity index (χ3n) is 3.29. The highest BCUT2D eigenvalue weighted by Crippen LogP contribution is 2.26. The topological polar surface area (TPSA) is 77.2 Å². The summed E-state index contributed by atoms with van der Waals surface area (Å²) in [6, 6.07) is 14.6. The second-order valence-electron chi connectivity index (χ2n) is 4.81. The van der Waals surface area contributed by atoms with E-state index in [0.717, 1.165) is 11.3 Å². The minimum absolute atomic E-state index is 0.225. The van der Waals surface area contributed by atoms with Crippen molar-refractivity contribution in [3.8, 4) is 17.0 Å². The maximum Gasteiger partial charge on any atom is 0.259 e. The zero-order chi connectivity index (χ0) is 16.2. The molecule has 5 nitrogen and oxygen atoms in total. The Bertz CT molecular complexity index is 845. The number of carbonyl (C=O) groups excluding carboxylic acids is 1. The molecule has 0 aliphatic carbocycles. The van der Waals surface area contributed by atoms with Crippen LogP contribution in [0.25, 0.3) is 11.3 Å². The molecule has 0 radical (unpaired) electrons. The quantitative estimate of drug-likeness (QED) is 0.767. The number of nitrogens with zero attached hydrogens (tertiary/aromatic N) is 1. The SMILES string of the molecule is COc1ccccc1C(=O)Nc1cccc(-c2csc(N)n2)c1. The molecule has 0 aliphatic heterocycles. The molecule has 0 spiro atoms. The highest BCUT2D eigenvalue weighted by atomic mass is 32.1. The number of ether oxygens (including phenoxy) is 1. The number of nitrogens with one attached hydrogen (secondary N) is 1. The van der Waals surface area contributed by atoms with Gasteiger partial charge in [0.1, 0.15) is 5.75 Å². The lowest BCUT2D eigenvalue weighted by atomic mass is 10.1. The lowest BCUT2D eigenvalue weighted by molar-refractivity contribution is 0.102. The van der Waals surface area contributed by atoms with Gasteiger partial charge in [-0.2, -0.15) is 0 Å². The van der Waals surface area contributed by atoms with E-state index < -0.39 is 0 Å². The summed E-state index contributed by atoms with van der Waals surface area (Å²) >= 11 is 1.38. The number of hydrogen-bond donors (Lipinski definition) is 2. The molecule has 1 heterocycles. The molecule has 3 aromatic rings. The van der Waals surface area contributed by atoms with Crippen LogP contribution in [0.4, 0.5) is 10.8 Å². The van der Waals surface area contributed by atoms with Crippen molar-refractivity contribution in [1.82, 2.24) is 4.98 Å². The minimum atomic E-state index is -0.225. The second-order valence-corrected chi connectivity index (χ2v) is 5.70. The predicted molar refractivity (Wildman–Crippen MR) is 92.9 cm³/mol. The van der Waals surface area contributed by atoms with E-state index in [2.05, 4.69) is 10.3 Å². The summed E-state index contributed by atoms with van der Waals surface area (Å²) in [6.45, 7) is 0. The molecule has 0 unspecified atom stereocenters. The molecule has 3 N–H and O–H groups in total. The number of para-hydroxylation sites is 1. The molecule has 6 heteroatoms. The summed E-state index contributed by atoms with van der Waals surface area (Å²) in [7, 11) is 1.54. The van der Waals surface area contributed by atoms with Crippen molar-refractivity contribution in [2.24, 2.45) is 0 Å². The van der Waals surface area contributed by atoms with Gasteiger partial charge < -0.3 is 15.8 Å². The zero-order valence-electron chi connectivity index (χ0n) is 12.4. The number of hydrogen-bond acceptors (Lipinski definition) is 5. The Kier molecular flexibility index (Phi) is 4.25. The van der Waals surface area contributed by atoms with Crippen LogP contribution in [-0.4, -0.2) is 18.0 Å². The van der Waals surface area contributed by atoms with Gasteiger partial charge in [0.05, 0.1) is 18.4 Å². The van der Waals surface area contributed by atoms with E-state index in [1.54, 1.807) is 25.3 Å². The van der Waals surface area contributed by atoms with Gasteiger partial charge in [-0.25, -0.2) is 4.98 Å². The fraction of sp³-hybridized carbons (Fsp3) is 0.0588. The maximum atomic E-state index is 12.4. The minimum Gasteiger partial charge on any atom is -0.496 e. The Morgan fingerprint density at radius 1 is 1.22 bits per heavy atom. The molecule has 1 aromatic heterocycles. The number of rotatable bonds is 4. The number of methoxy groups -OCH3 is 1. The number of carbonyl (C=O) groups is 1. The number of aromatic nitrogens is 1. The smallest absolute Gasteiger partial charge is 0.259 e. The van der Waals surface area contributed by atoms with Crippen LogP contribution in [0.15, 0.2) is 53.9 Å². The summed E-state index contributed by atoms with van der Waals surface area (Å²) < 4.78 is 5.22. The molecule has 0 fully saturated rings. The van der Waals surface area contributed by atoms with E-state index in [1.165, 1.54) is 11.3 Å². The third-order valence-corrected chi connectivity index (χ3v) is 3.96. The summed E-state index contributed by atoms with van der Waals surface area (Å²) in [5.74, 6) is 0.311. The molecule has 2 aromatic carbocycles. The van der Waals surface area contributed by atoms with Crippen molar-refractivity contribution in [3.63, 3.8) is 0 Å². The average Bonchev–Trinajstić information content (AvgIpc) is 3.01. The van der Waals surface area contributed by atoms with Crippen LogP contribution in [0, 0.1) is 0 Å². The maximum absolute atomic E-state index is 12.4. The summed E-state index contributed by atoms with van der Waals surface area (Å²) in [5, 5.41) is 5.28. The Balaban J connectivity index is 1.84. The van der Waals surface area contributed by atoms with E-state index in [0.29, 0.717) is 22.1 Å². The van der Waals surface area contributed by atoms with Gasteiger partial charge in [0.25, 0.3) is 5.91 Å². The second kappa shape index (κ2) is 6.50. The van der Waals surface area contributed by atoms with Crippen molar-refractivity contribution in [2.45, 2.75) is 0 Å². The van der Waals surface area contributed by atoms with Crippen LogP contribution in [0.3, 0.4) is 0 Å². The Morgan fingerprint density at radius 2 is 2.04 bits per heavy atom. The van der Waals surface area contributed by atoms with Gasteiger partial charge in [-0.05, 0) is 24.3 Å². The summed E-state index contributed by atoms with van der Waals surface area (Å²) in [5.41, 5.74) is 8.53. The van der Waals surface area contributed by atoms with Crippen molar-refractivity contribution < 1.29 is 9.53 Å². The van der Waals surface area contributed by atoms with Gasteiger partial charge in [-0.3, -0.25) is 4.79 Å². The lowest BCUT2D eigenvalue weighted by Crippen LogP contribution is -2.13. The number of amides is 1. The van der Waals surface area contributed by atoms with Gasteiger partial charge in [0.2, 0.25) is 0 Å². The van der Waals surface area contributed by atoms with Crippen LogP contribution < -0.4 is 15.8 Å². The van der Waals surface area contributed by atoms with E-state index in [4.69, 9.17) is 10.5 Å². The molecular formula is C17H15N3O2S. The van der Waals surface area contributed by atoms with E-state index in [-0.39, 0.29) is 5.91 Å². The number of thiazole rings is 1. The van der Waals surface area contributed by atoms with Crippen molar-refractivity contribution in [3.05, 3.63) is 59.5 Å². The molecular weight excluding hydrogens is 310 g/mol. The van der Waals surface area contributed by atoms with E-state index in [1.807, 2.05) is 35.7 Å². The van der Waals surface area contributed by atoms with Gasteiger partial charge >= 0.3 is 0 Å². The molecule has 3 rings (SSSR count). The third kappa shape index (κ3) is 3.32. The largest absolute Gasteiger partial charge is 0.496 e. The first-order chi connectivity index (χ1) is 11.2. The summed E-state index contributed by atoms with van der Waals surface area (Å²) in [4.78, 5) is 16.7. The first-order valence-electron chi connectivity index (χ1n) is 6.93. The number of nitrogen functional groups attached to an aromatic ring is 1. The summed E-state index contributed by atoms with van der Waals surface area (Å²) in [6.07, 6.45) is 0. The van der Waals surface area contributed by atoms with Crippen LogP contribution in [0.1, 0.15) is 10.4 Å². The molecule has 1 amide bonds. The van der Waals surface area contributed by atoms with Crippen LogP contribution >= 0.6 is 11.3 Å². The monoisotopic (exact) mass is 325 g/mol. The zero-order valence-corrected chi connectivity index (χ0v) is 13.3. The standard InChI is InChI=1S/C17H15N3O2S/c1-22-15-8-3-2-7-13(15)16(21)19-12-6-4-5-11(9-12)14-10-23-17(18)20-14/h2-10H,1H3,(H2,18,20)(H,19,21). The highest BCUT2D eigenvalue weighted by molar-refractivity contribution is 7.13. The molecule has 0 aliphatic rings. The Morgan fingerprint density at radius 3 is 2.78 bits per heavy atom. The van der Waals surface area contributed by atoms with Crippen LogP contribution in [0.2, 0.25) is 0 Å². The van der Waals surface area contributed by atoms with Crippen LogP contribution in [-0.2, 0) is 0 Å². The number of benzene rings is 2. The average molecular weight is 325 g/mol. The first-order valence-corrected chi connectivity index (χ1v) is 7.81. The molecule has 116 valence electrons. The molecule has 23 heavy (non-hydrogen) atoms. The van der Waals surface area contributed by atoms with Crippen molar-refractivity contribution in [2.75, 3.05) is 18.2 Å². The molecule has 0 bridgehead atoms. The van der Waals surface area contributed by atoms with Crippen molar-refractivity contribution in [1.29, 1.82) is 0 Å². The van der Waals surface area contributed by atoms with Crippen molar-refractivity contribution >= 4 is 28.1 Å². The van der Waals surface area contributed by atoms with Crippen LogP contribution in [0.5, 0.6) is 5.75 Å². The van der Waals surface area contributed by atoms with Gasteiger partial charge in [0, 0.05) is 16.6 Å². The fourth-order valence-electron chi connectivity index (χ4n) is 2.21. The Hall–Kier alpha value is -2.86. The van der Waals surface area contributed by atoms with Gasteiger partial charge in [-0.15, -0.1) is 11.3 Å². The molecule has 0 saturated heterocycles. The molecule has 0 atom stereocenters.